The molecule has 0 unspecified atom stereocenters. The number of aromatic nitrogens is 4. The van der Waals surface area contributed by atoms with Gasteiger partial charge in [-0.1, -0.05) is 12.8 Å². The Kier molecular flexibility index (Phi) is 4.18. The molecule has 0 aromatic carbocycles. The second-order valence-corrected chi connectivity index (χ2v) is 6.51. The first-order valence-electron chi connectivity index (χ1n) is 8.54. The molecule has 1 aliphatic rings. The van der Waals surface area contributed by atoms with Crippen LogP contribution in [0.15, 0.2) is 24.7 Å². The number of rotatable bonds is 3. The lowest BCUT2D eigenvalue weighted by atomic mass is 10.1. The summed E-state index contributed by atoms with van der Waals surface area (Å²) in [6.07, 6.45) is 3.48. The summed E-state index contributed by atoms with van der Waals surface area (Å²) >= 11 is 0. The molecule has 1 saturated carbocycles. The minimum atomic E-state index is -4.51. The van der Waals surface area contributed by atoms with Gasteiger partial charge in [0, 0.05) is 29.4 Å². The Bertz CT molecular complexity index is 1030. The van der Waals surface area contributed by atoms with Crippen LogP contribution in [0.3, 0.4) is 0 Å². The Hall–Kier alpha value is -3.15. The Balaban J connectivity index is 1.80. The van der Waals surface area contributed by atoms with E-state index in [0.29, 0.717) is 17.2 Å². The van der Waals surface area contributed by atoms with Crippen molar-refractivity contribution in [2.24, 2.45) is 0 Å². The van der Waals surface area contributed by atoms with Gasteiger partial charge in [-0.15, -0.1) is 0 Å². The normalized spacial score (nSPS) is 15.2. The fourth-order valence-electron chi connectivity index (χ4n) is 3.35. The lowest BCUT2D eigenvalue weighted by molar-refractivity contribution is -0.137. The van der Waals surface area contributed by atoms with Gasteiger partial charge < -0.3 is 10.3 Å². The van der Waals surface area contributed by atoms with E-state index in [-0.39, 0.29) is 22.7 Å². The minimum absolute atomic E-state index is 0.185. The molecule has 2 N–H and O–H groups in total. The van der Waals surface area contributed by atoms with Gasteiger partial charge in [-0.25, -0.2) is 15.0 Å². The number of nitrogens with one attached hydrogen (secondary N) is 2. The molecular formula is C18H15F3N6. The molecular weight excluding hydrogens is 357 g/mol. The van der Waals surface area contributed by atoms with Gasteiger partial charge in [0.15, 0.2) is 0 Å². The van der Waals surface area contributed by atoms with Gasteiger partial charge in [-0.2, -0.15) is 18.4 Å². The largest absolute Gasteiger partial charge is 0.417 e. The molecule has 3 heterocycles. The van der Waals surface area contributed by atoms with Crippen LogP contribution < -0.4 is 5.32 Å². The molecule has 9 heteroatoms. The molecule has 0 aliphatic heterocycles. The highest BCUT2D eigenvalue weighted by atomic mass is 19.4. The monoisotopic (exact) mass is 372 g/mol. The number of hydrogen-bond donors (Lipinski definition) is 2. The average molecular weight is 372 g/mol. The van der Waals surface area contributed by atoms with E-state index in [0.717, 1.165) is 37.9 Å². The van der Waals surface area contributed by atoms with Gasteiger partial charge in [0.2, 0.25) is 5.95 Å². The Morgan fingerprint density at radius 1 is 1.19 bits per heavy atom. The number of nitrogens with zero attached hydrogens (tertiary/aromatic N) is 4. The van der Waals surface area contributed by atoms with Gasteiger partial charge in [-0.3, -0.25) is 0 Å². The van der Waals surface area contributed by atoms with Crippen LogP contribution in [0.2, 0.25) is 0 Å². The standard InChI is InChI=1S/C18H15F3N6/c19-18(20,21)11-5-13-14(9-24-16(13)23-8-11)15-10(6-22)7-25-17(27-15)26-12-3-1-2-4-12/h5,7-9,12H,1-4H2,(H,23,24)(H,25,26,27). The zero-order valence-electron chi connectivity index (χ0n) is 14.1. The molecule has 1 fully saturated rings. The number of pyridine rings is 1. The number of nitriles is 1. The summed E-state index contributed by atoms with van der Waals surface area (Å²) in [5, 5.41) is 12.9. The molecule has 4 rings (SSSR count). The number of anilines is 1. The molecule has 0 spiro atoms. The van der Waals surface area contributed by atoms with Crippen LogP contribution in [0, 0.1) is 11.3 Å². The quantitative estimate of drug-likeness (QED) is 0.717. The van der Waals surface area contributed by atoms with Crippen molar-refractivity contribution in [2.45, 2.75) is 37.9 Å². The van der Waals surface area contributed by atoms with E-state index >= 15 is 0 Å². The van der Waals surface area contributed by atoms with Crippen LogP contribution in [0.5, 0.6) is 0 Å². The molecule has 0 atom stereocenters. The molecule has 27 heavy (non-hydrogen) atoms. The van der Waals surface area contributed by atoms with Crippen LogP contribution in [0.25, 0.3) is 22.3 Å². The molecule has 3 aromatic heterocycles. The molecule has 3 aromatic rings. The minimum Gasteiger partial charge on any atom is -0.351 e. The summed E-state index contributed by atoms with van der Waals surface area (Å²) < 4.78 is 39.2. The van der Waals surface area contributed by atoms with Crippen molar-refractivity contribution in [3.8, 4) is 17.3 Å². The highest BCUT2D eigenvalue weighted by Gasteiger charge is 2.31. The molecule has 0 saturated heterocycles. The number of halogens is 3. The number of H-pyrrole nitrogens is 1. The summed E-state index contributed by atoms with van der Waals surface area (Å²) in [4.78, 5) is 15.3. The summed E-state index contributed by atoms with van der Waals surface area (Å²) in [6, 6.07) is 3.29. The first kappa shape index (κ1) is 17.3. The van der Waals surface area contributed by atoms with E-state index in [1.54, 1.807) is 0 Å². The number of fused-ring (bicyclic) bond motifs is 1. The Morgan fingerprint density at radius 2 is 1.96 bits per heavy atom. The number of hydrogen-bond acceptors (Lipinski definition) is 5. The van der Waals surface area contributed by atoms with Crippen LogP contribution in [0.1, 0.15) is 36.8 Å². The van der Waals surface area contributed by atoms with Crippen LogP contribution in [0.4, 0.5) is 19.1 Å². The molecule has 0 radical (unpaired) electrons. The maximum absolute atomic E-state index is 13.1. The number of aromatic amines is 1. The molecule has 0 amide bonds. The first-order valence-corrected chi connectivity index (χ1v) is 8.54. The van der Waals surface area contributed by atoms with E-state index in [1.165, 1.54) is 12.4 Å². The zero-order chi connectivity index (χ0) is 19.0. The second-order valence-electron chi connectivity index (χ2n) is 6.51. The van der Waals surface area contributed by atoms with E-state index in [1.807, 2.05) is 6.07 Å². The fourth-order valence-corrected chi connectivity index (χ4v) is 3.35. The third-order valence-electron chi connectivity index (χ3n) is 4.71. The molecule has 1 aliphatic carbocycles. The maximum Gasteiger partial charge on any atom is 0.417 e. The van der Waals surface area contributed by atoms with Gasteiger partial charge in [0.25, 0.3) is 0 Å². The molecule has 138 valence electrons. The predicted octanol–water partition coefficient (Wildman–Crippen LogP) is 4.26. The van der Waals surface area contributed by atoms with E-state index < -0.39 is 11.7 Å². The smallest absolute Gasteiger partial charge is 0.351 e. The SMILES string of the molecule is N#Cc1cnc(NC2CCCC2)nc1-c1c[nH]c2ncc(C(F)(F)F)cc12. The van der Waals surface area contributed by atoms with Gasteiger partial charge in [-0.05, 0) is 18.9 Å². The topological polar surface area (TPSA) is 90.3 Å². The van der Waals surface area contributed by atoms with Crippen molar-refractivity contribution in [3.63, 3.8) is 0 Å². The van der Waals surface area contributed by atoms with Crippen molar-refractivity contribution in [3.05, 3.63) is 35.8 Å². The number of alkyl halides is 3. The molecule has 6 nitrogen and oxygen atoms in total. The van der Waals surface area contributed by atoms with Crippen molar-refractivity contribution in [2.75, 3.05) is 5.32 Å². The van der Waals surface area contributed by atoms with Crippen molar-refractivity contribution in [1.29, 1.82) is 5.26 Å². The lowest BCUT2D eigenvalue weighted by Crippen LogP contribution is -2.17. The van der Waals surface area contributed by atoms with Crippen LogP contribution in [-0.4, -0.2) is 26.0 Å². The highest BCUT2D eigenvalue weighted by Crippen LogP contribution is 2.34. The third kappa shape index (κ3) is 3.30. The third-order valence-corrected chi connectivity index (χ3v) is 4.71. The van der Waals surface area contributed by atoms with E-state index in [4.69, 9.17) is 0 Å². The van der Waals surface area contributed by atoms with Crippen molar-refractivity contribution in [1.82, 2.24) is 19.9 Å². The summed E-state index contributed by atoms with van der Waals surface area (Å²) in [6.45, 7) is 0. The van der Waals surface area contributed by atoms with E-state index in [2.05, 4.69) is 25.3 Å². The van der Waals surface area contributed by atoms with Gasteiger partial charge in [0.05, 0.1) is 23.0 Å². The maximum atomic E-state index is 13.1. The molecule has 0 bridgehead atoms. The summed E-state index contributed by atoms with van der Waals surface area (Å²) in [5.74, 6) is 0.366. The van der Waals surface area contributed by atoms with Gasteiger partial charge in [0.1, 0.15) is 11.7 Å². The fraction of sp³-hybridized carbons (Fsp3) is 0.333. The highest BCUT2D eigenvalue weighted by molar-refractivity contribution is 5.94. The van der Waals surface area contributed by atoms with E-state index in [9.17, 15) is 18.4 Å². The van der Waals surface area contributed by atoms with Crippen molar-refractivity contribution >= 4 is 17.0 Å². The summed E-state index contributed by atoms with van der Waals surface area (Å²) in [5.41, 5.74) is 0.293. The second kappa shape index (κ2) is 6.54. The van der Waals surface area contributed by atoms with Crippen molar-refractivity contribution < 1.29 is 13.2 Å². The van der Waals surface area contributed by atoms with Crippen LogP contribution >= 0.6 is 0 Å². The summed E-state index contributed by atoms with van der Waals surface area (Å²) in [7, 11) is 0. The predicted molar refractivity (Wildman–Crippen MR) is 92.7 cm³/mol. The lowest BCUT2D eigenvalue weighted by Gasteiger charge is -2.13. The van der Waals surface area contributed by atoms with Crippen LogP contribution in [-0.2, 0) is 6.18 Å². The Labute approximate surface area is 152 Å². The average Bonchev–Trinajstić information content (AvgIpc) is 3.29. The Morgan fingerprint density at radius 3 is 2.67 bits per heavy atom. The van der Waals surface area contributed by atoms with Gasteiger partial charge >= 0.3 is 6.18 Å². The zero-order valence-corrected chi connectivity index (χ0v) is 14.1. The first-order chi connectivity index (χ1) is 13.0.